The monoisotopic (exact) mass is 375 g/mol. The Morgan fingerprint density at radius 2 is 2.05 bits per heavy atom. The molecule has 0 saturated heterocycles. The van der Waals surface area contributed by atoms with Crippen molar-refractivity contribution in [3.8, 4) is 5.75 Å². The van der Waals surface area contributed by atoms with Crippen molar-refractivity contribution in [2.24, 2.45) is 0 Å². The van der Waals surface area contributed by atoms with Crippen molar-refractivity contribution >= 4 is 34.5 Å². The van der Waals surface area contributed by atoms with Gasteiger partial charge in [0, 0.05) is 18.2 Å². The number of nitrogens with zero attached hydrogens (tertiary/aromatic N) is 1. The zero-order valence-electron chi connectivity index (χ0n) is 10.2. The van der Waals surface area contributed by atoms with Gasteiger partial charge in [-0.2, -0.15) is 0 Å². The molecule has 0 heterocycles. The van der Waals surface area contributed by atoms with E-state index in [2.05, 4.69) is 0 Å². The number of aromatic hydroxyl groups is 1. The van der Waals surface area contributed by atoms with E-state index in [4.69, 9.17) is 5.11 Å². The molecule has 1 aromatic rings. The molecule has 0 aromatic heterocycles. The third-order valence-corrected chi connectivity index (χ3v) is 3.92. The fourth-order valence-corrected chi connectivity index (χ4v) is 2.20. The molecule has 19 heavy (non-hydrogen) atoms. The van der Waals surface area contributed by atoms with E-state index in [-0.39, 0.29) is 30.7 Å². The third-order valence-electron chi connectivity index (χ3n) is 3.01. The Morgan fingerprint density at radius 3 is 2.58 bits per heavy atom. The van der Waals surface area contributed by atoms with Gasteiger partial charge in [0.25, 0.3) is 5.91 Å². The number of hydrogen-bond acceptors (Lipinski definition) is 3. The quantitative estimate of drug-likeness (QED) is 0.773. The van der Waals surface area contributed by atoms with Crippen LogP contribution in [-0.2, 0) is 4.79 Å². The fraction of sp³-hybridized carbons (Fsp3) is 0.385. The summed E-state index contributed by atoms with van der Waals surface area (Å²) in [5.41, 5.74) is 0.398. The summed E-state index contributed by atoms with van der Waals surface area (Å²) in [6, 6.07) is 4.90. The van der Waals surface area contributed by atoms with Crippen LogP contribution in [0.25, 0.3) is 0 Å². The molecule has 0 spiro atoms. The second kappa shape index (κ2) is 5.77. The number of amides is 1. The Morgan fingerprint density at radius 1 is 1.37 bits per heavy atom. The van der Waals surface area contributed by atoms with E-state index in [1.807, 2.05) is 22.6 Å². The molecule has 1 aliphatic carbocycles. The molecule has 1 aromatic carbocycles. The van der Waals surface area contributed by atoms with Crippen molar-refractivity contribution in [3.05, 3.63) is 27.3 Å². The van der Waals surface area contributed by atoms with Gasteiger partial charge in [-0.25, -0.2) is 0 Å². The summed E-state index contributed by atoms with van der Waals surface area (Å²) in [6.07, 6.45) is 1.78. The smallest absolute Gasteiger partial charge is 0.305 e. The van der Waals surface area contributed by atoms with E-state index >= 15 is 0 Å². The minimum Gasteiger partial charge on any atom is -0.507 e. The number of carbonyl (C=O) groups excluding carboxylic acids is 1. The van der Waals surface area contributed by atoms with Crippen LogP contribution in [-0.4, -0.2) is 39.6 Å². The van der Waals surface area contributed by atoms with Crippen molar-refractivity contribution in [1.29, 1.82) is 0 Å². The average Bonchev–Trinajstić information content (AvgIpc) is 3.16. The second-order valence-electron chi connectivity index (χ2n) is 4.54. The number of carboxylic acid groups (broad SMARTS) is 1. The van der Waals surface area contributed by atoms with Crippen molar-refractivity contribution in [2.75, 3.05) is 6.54 Å². The highest BCUT2D eigenvalue weighted by molar-refractivity contribution is 14.1. The maximum atomic E-state index is 12.3. The predicted octanol–water partition coefficient (Wildman–Crippen LogP) is 2.08. The largest absolute Gasteiger partial charge is 0.507 e. The van der Waals surface area contributed by atoms with Crippen LogP contribution in [0.1, 0.15) is 29.6 Å². The molecule has 1 saturated carbocycles. The molecule has 102 valence electrons. The Kier molecular flexibility index (Phi) is 4.28. The third kappa shape index (κ3) is 3.59. The van der Waals surface area contributed by atoms with Crippen LogP contribution in [0.2, 0.25) is 0 Å². The first-order chi connectivity index (χ1) is 8.99. The summed E-state index contributed by atoms with van der Waals surface area (Å²) in [4.78, 5) is 24.5. The zero-order valence-corrected chi connectivity index (χ0v) is 12.3. The molecule has 1 amide bonds. The van der Waals surface area contributed by atoms with Crippen LogP contribution in [0, 0.1) is 3.57 Å². The average molecular weight is 375 g/mol. The molecule has 1 fully saturated rings. The highest BCUT2D eigenvalue weighted by atomic mass is 127. The molecule has 1 aliphatic rings. The van der Waals surface area contributed by atoms with E-state index in [0.29, 0.717) is 9.13 Å². The van der Waals surface area contributed by atoms with Crippen LogP contribution < -0.4 is 0 Å². The lowest BCUT2D eigenvalue weighted by Crippen LogP contribution is -2.35. The topological polar surface area (TPSA) is 77.8 Å². The highest BCUT2D eigenvalue weighted by Crippen LogP contribution is 2.29. The number of phenolic OH excluding ortho intramolecular Hbond substituents is 1. The Bertz CT molecular complexity index is 513. The number of rotatable bonds is 5. The number of carbonyl (C=O) groups is 2. The first-order valence-corrected chi connectivity index (χ1v) is 7.08. The molecule has 2 rings (SSSR count). The van der Waals surface area contributed by atoms with Gasteiger partial charge in [-0.3, -0.25) is 9.59 Å². The summed E-state index contributed by atoms with van der Waals surface area (Å²) in [7, 11) is 0. The van der Waals surface area contributed by atoms with Crippen molar-refractivity contribution < 1.29 is 19.8 Å². The van der Waals surface area contributed by atoms with Gasteiger partial charge in [0.05, 0.1) is 9.99 Å². The molecule has 6 heteroatoms. The molecule has 0 radical (unpaired) electrons. The maximum absolute atomic E-state index is 12.3. The summed E-state index contributed by atoms with van der Waals surface area (Å²) >= 11 is 1.98. The number of phenols is 1. The number of carboxylic acids is 1. The van der Waals surface area contributed by atoms with E-state index in [1.54, 1.807) is 17.0 Å². The van der Waals surface area contributed by atoms with Crippen LogP contribution in [0.4, 0.5) is 0 Å². The molecule has 0 atom stereocenters. The molecule has 0 bridgehead atoms. The first-order valence-electron chi connectivity index (χ1n) is 6.00. The SMILES string of the molecule is O=C(O)CCN(C(=O)c1ccc(I)c(O)c1)C1CC1. The standard InChI is InChI=1S/C13H14INO4/c14-10-4-1-8(7-11(10)16)13(19)15(9-2-3-9)6-5-12(17)18/h1,4,7,9,16H,2-3,5-6H2,(H,17,18). The van der Waals surface area contributed by atoms with E-state index in [0.717, 1.165) is 12.8 Å². The summed E-state index contributed by atoms with van der Waals surface area (Å²) in [5.74, 6) is -1.06. The predicted molar refractivity (Wildman–Crippen MR) is 77.1 cm³/mol. The van der Waals surface area contributed by atoms with E-state index < -0.39 is 5.97 Å². The highest BCUT2D eigenvalue weighted by Gasteiger charge is 2.33. The summed E-state index contributed by atoms with van der Waals surface area (Å²) in [6.45, 7) is 0.214. The van der Waals surface area contributed by atoms with Crippen LogP contribution in [0.5, 0.6) is 5.75 Å². The van der Waals surface area contributed by atoms with Gasteiger partial charge in [0.2, 0.25) is 0 Å². The van der Waals surface area contributed by atoms with Crippen molar-refractivity contribution in [3.63, 3.8) is 0 Å². The lowest BCUT2D eigenvalue weighted by Gasteiger charge is -2.21. The van der Waals surface area contributed by atoms with Gasteiger partial charge in [0.1, 0.15) is 5.75 Å². The lowest BCUT2D eigenvalue weighted by atomic mass is 10.2. The molecule has 0 aliphatic heterocycles. The zero-order chi connectivity index (χ0) is 14.0. The number of hydrogen-bond donors (Lipinski definition) is 2. The molecule has 0 unspecified atom stereocenters. The fourth-order valence-electron chi connectivity index (χ4n) is 1.86. The van der Waals surface area contributed by atoms with E-state index in [1.165, 1.54) is 6.07 Å². The Labute approximate surface area is 124 Å². The normalized spacial score (nSPS) is 14.2. The molecule has 5 nitrogen and oxygen atoms in total. The van der Waals surface area contributed by atoms with Crippen molar-refractivity contribution in [2.45, 2.75) is 25.3 Å². The summed E-state index contributed by atoms with van der Waals surface area (Å²) in [5, 5.41) is 18.3. The van der Waals surface area contributed by atoms with Gasteiger partial charge < -0.3 is 15.1 Å². The van der Waals surface area contributed by atoms with E-state index in [9.17, 15) is 14.7 Å². The second-order valence-corrected chi connectivity index (χ2v) is 5.70. The number of aliphatic carboxylic acids is 1. The van der Waals surface area contributed by atoms with Gasteiger partial charge in [-0.1, -0.05) is 0 Å². The number of halogens is 1. The minimum absolute atomic E-state index is 0.0570. The Hall–Kier alpha value is -1.31. The molecule has 2 N–H and O–H groups in total. The van der Waals surface area contributed by atoms with Gasteiger partial charge in [0.15, 0.2) is 0 Å². The lowest BCUT2D eigenvalue weighted by molar-refractivity contribution is -0.137. The first kappa shape index (κ1) is 14.1. The van der Waals surface area contributed by atoms with Gasteiger partial charge in [-0.15, -0.1) is 0 Å². The molecular formula is C13H14INO4. The van der Waals surface area contributed by atoms with Crippen LogP contribution in [0.15, 0.2) is 18.2 Å². The van der Waals surface area contributed by atoms with Gasteiger partial charge >= 0.3 is 5.97 Å². The van der Waals surface area contributed by atoms with Crippen LogP contribution in [0.3, 0.4) is 0 Å². The minimum atomic E-state index is -0.913. The van der Waals surface area contributed by atoms with Crippen LogP contribution >= 0.6 is 22.6 Å². The van der Waals surface area contributed by atoms with Crippen molar-refractivity contribution in [1.82, 2.24) is 4.90 Å². The maximum Gasteiger partial charge on any atom is 0.305 e. The molecular weight excluding hydrogens is 361 g/mol. The Balaban J connectivity index is 2.14. The number of benzene rings is 1. The summed E-state index contributed by atoms with van der Waals surface area (Å²) < 4.78 is 0.678. The van der Waals surface area contributed by atoms with Gasteiger partial charge in [-0.05, 0) is 53.6 Å².